The third-order valence-corrected chi connectivity index (χ3v) is 7.05. The predicted molar refractivity (Wildman–Crippen MR) is 149 cm³/mol. The van der Waals surface area contributed by atoms with Gasteiger partial charge in [-0.2, -0.15) is 26.3 Å². The number of alkyl halides is 6. The van der Waals surface area contributed by atoms with Crippen LogP contribution in [0, 0.1) is 0 Å². The summed E-state index contributed by atoms with van der Waals surface area (Å²) in [5.74, 6) is -0.462. The second-order valence-corrected chi connectivity index (χ2v) is 10.1. The van der Waals surface area contributed by atoms with Crippen LogP contribution in [0.1, 0.15) is 73.9 Å². The van der Waals surface area contributed by atoms with Gasteiger partial charge >= 0.3 is 18.4 Å². The van der Waals surface area contributed by atoms with Crippen LogP contribution in [0.3, 0.4) is 0 Å². The van der Waals surface area contributed by atoms with E-state index in [9.17, 15) is 35.9 Å². The van der Waals surface area contributed by atoms with Crippen molar-refractivity contribution in [2.75, 3.05) is 23.9 Å². The molecule has 10 nitrogen and oxygen atoms in total. The Morgan fingerprint density at radius 2 is 1.64 bits per heavy atom. The molecule has 2 N–H and O–H groups in total. The van der Waals surface area contributed by atoms with Crippen LogP contribution < -0.4 is 20.3 Å². The minimum Gasteiger partial charge on any atom is -0.481 e. The highest BCUT2D eigenvalue weighted by atomic mass is 19.4. The first-order chi connectivity index (χ1) is 21.2. The second-order valence-electron chi connectivity index (χ2n) is 10.1. The lowest BCUT2D eigenvalue weighted by atomic mass is 9.91. The number of halogens is 6. The van der Waals surface area contributed by atoms with Gasteiger partial charge in [0.15, 0.2) is 0 Å². The van der Waals surface area contributed by atoms with Gasteiger partial charge in [0.25, 0.3) is 0 Å². The fourth-order valence-corrected chi connectivity index (χ4v) is 5.07. The van der Waals surface area contributed by atoms with Crippen LogP contribution in [0.5, 0.6) is 5.88 Å². The molecule has 0 aliphatic carbocycles. The molecule has 1 aliphatic heterocycles. The maximum atomic E-state index is 13.9. The number of aromatic nitrogens is 3. The molecule has 2 amide bonds. The van der Waals surface area contributed by atoms with Crippen molar-refractivity contribution in [2.45, 2.75) is 64.1 Å². The van der Waals surface area contributed by atoms with E-state index in [1.807, 2.05) is 6.92 Å². The quantitative estimate of drug-likeness (QED) is 0.270. The zero-order valence-corrected chi connectivity index (χ0v) is 24.6. The van der Waals surface area contributed by atoms with Crippen LogP contribution >= 0.6 is 0 Å². The molecule has 0 saturated carbocycles. The zero-order valence-electron chi connectivity index (χ0n) is 24.6. The summed E-state index contributed by atoms with van der Waals surface area (Å²) in [7, 11) is 1.37. The molecule has 0 saturated heterocycles. The van der Waals surface area contributed by atoms with Crippen LogP contribution in [0.2, 0.25) is 0 Å². The molecule has 45 heavy (non-hydrogen) atoms. The van der Waals surface area contributed by atoms with Crippen molar-refractivity contribution >= 4 is 23.4 Å². The molecule has 1 aliphatic rings. The number of pyridine rings is 1. The van der Waals surface area contributed by atoms with Gasteiger partial charge in [-0.1, -0.05) is 6.92 Å². The van der Waals surface area contributed by atoms with Gasteiger partial charge in [0.05, 0.1) is 66.4 Å². The van der Waals surface area contributed by atoms with Crippen molar-refractivity contribution in [1.82, 2.24) is 20.3 Å². The Morgan fingerprint density at radius 1 is 1.02 bits per heavy atom. The van der Waals surface area contributed by atoms with Crippen LogP contribution in [-0.4, -0.2) is 46.7 Å². The van der Waals surface area contributed by atoms with Gasteiger partial charge in [-0.15, -0.1) is 0 Å². The summed E-state index contributed by atoms with van der Waals surface area (Å²) in [6, 6.07) is 1.58. The fourth-order valence-electron chi connectivity index (χ4n) is 5.07. The number of carbonyl (C=O) groups is 2. The summed E-state index contributed by atoms with van der Waals surface area (Å²) in [5.41, 5.74) is -2.72. The lowest BCUT2D eigenvalue weighted by Crippen LogP contribution is -2.48. The summed E-state index contributed by atoms with van der Waals surface area (Å²) in [6.07, 6.45) is -7.90. The highest BCUT2D eigenvalue weighted by Gasteiger charge is 2.41. The smallest absolute Gasteiger partial charge is 0.416 e. The van der Waals surface area contributed by atoms with Crippen molar-refractivity contribution in [2.24, 2.45) is 0 Å². The summed E-state index contributed by atoms with van der Waals surface area (Å²) in [4.78, 5) is 38.7. The summed E-state index contributed by atoms with van der Waals surface area (Å²) < 4.78 is 93.7. The van der Waals surface area contributed by atoms with Gasteiger partial charge in [0.2, 0.25) is 11.8 Å². The number of fused-ring (bicyclic) bond motifs is 1. The molecular formula is C29H30F6N6O4. The monoisotopic (exact) mass is 640 g/mol. The minimum atomic E-state index is -5.10. The first-order valence-electron chi connectivity index (χ1n) is 13.8. The van der Waals surface area contributed by atoms with Crippen molar-refractivity contribution in [1.29, 1.82) is 0 Å². The van der Waals surface area contributed by atoms with Crippen LogP contribution in [0.25, 0.3) is 0 Å². The van der Waals surface area contributed by atoms with Crippen molar-refractivity contribution < 1.29 is 45.4 Å². The molecule has 3 aromatic rings. The number of nitrogens with zero attached hydrogens (tertiary/aromatic N) is 4. The van der Waals surface area contributed by atoms with Gasteiger partial charge in [0.1, 0.15) is 5.82 Å². The second kappa shape index (κ2) is 13.3. The molecule has 0 spiro atoms. The SMILES string of the molecule is CCOC(=O)N1c2ccc(OC)nc2[C@@H](NC(c2cc(C(F)(F)F)cc(C(F)(F)F)c2)c2ncc(NC(C)=O)cn2)C[C@H]1CC. The number of rotatable bonds is 8. The van der Waals surface area contributed by atoms with Gasteiger partial charge in [-0.25, -0.2) is 19.7 Å². The number of benzene rings is 1. The highest BCUT2D eigenvalue weighted by molar-refractivity contribution is 5.90. The molecule has 16 heteroatoms. The topological polar surface area (TPSA) is 119 Å². The molecular weight excluding hydrogens is 610 g/mol. The predicted octanol–water partition coefficient (Wildman–Crippen LogP) is 6.44. The molecule has 0 fully saturated rings. The van der Waals surface area contributed by atoms with Crippen molar-refractivity contribution in [3.05, 3.63) is 70.9 Å². The molecule has 1 unspecified atom stereocenters. The third kappa shape index (κ3) is 7.61. The largest absolute Gasteiger partial charge is 0.481 e. The lowest BCUT2D eigenvalue weighted by molar-refractivity contribution is -0.143. The maximum absolute atomic E-state index is 13.9. The van der Waals surface area contributed by atoms with Crippen molar-refractivity contribution in [3.63, 3.8) is 0 Å². The molecule has 242 valence electrons. The van der Waals surface area contributed by atoms with Crippen molar-refractivity contribution in [3.8, 4) is 5.88 Å². The molecule has 4 rings (SSSR count). The van der Waals surface area contributed by atoms with E-state index in [-0.39, 0.29) is 42.2 Å². The van der Waals surface area contributed by atoms with Gasteiger partial charge in [-0.3, -0.25) is 15.0 Å². The Morgan fingerprint density at radius 3 is 2.16 bits per heavy atom. The van der Waals surface area contributed by atoms with E-state index in [2.05, 4.69) is 25.6 Å². The lowest BCUT2D eigenvalue weighted by Gasteiger charge is -2.40. The number of methoxy groups -OCH3 is 1. The van der Waals surface area contributed by atoms with E-state index in [1.54, 1.807) is 13.0 Å². The Balaban J connectivity index is 1.90. The maximum Gasteiger partial charge on any atom is 0.416 e. The molecule has 0 bridgehead atoms. The first-order valence-corrected chi connectivity index (χ1v) is 13.8. The number of hydrogen-bond donors (Lipinski definition) is 2. The first kappa shape index (κ1) is 33.4. The van der Waals surface area contributed by atoms with Gasteiger partial charge in [0, 0.05) is 19.0 Å². The Hall–Kier alpha value is -4.47. The van der Waals surface area contributed by atoms with E-state index in [0.29, 0.717) is 24.2 Å². The van der Waals surface area contributed by atoms with E-state index in [1.165, 1.54) is 37.4 Å². The highest BCUT2D eigenvalue weighted by Crippen LogP contribution is 2.42. The van der Waals surface area contributed by atoms with Gasteiger partial charge < -0.3 is 14.8 Å². The number of amides is 2. The molecule has 1 aromatic carbocycles. The summed E-state index contributed by atoms with van der Waals surface area (Å²) >= 11 is 0. The van der Waals surface area contributed by atoms with Gasteiger partial charge in [-0.05, 0) is 49.6 Å². The minimum absolute atomic E-state index is 0.0357. The van der Waals surface area contributed by atoms with E-state index in [0.717, 1.165) is 0 Å². The standard InChI is InChI=1S/C29H30F6N6O4/c1-5-20-12-21(25-22(7-8-23(40-25)44-4)41(20)27(43)45-6-2)39-24(26-36-13-19(14-37-26)38-15(3)42)16-9-17(28(30,31)32)11-18(10-16)29(33,34)35/h7-11,13-14,20-21,24,39H,5-6,12H2,1-4H3,(H,38,42)/t20-,21+,24?/m1/s1. The summed E-state index contributed by atoms with van der Waals surface area (Å²) in [6.45, 7) is 4.80. The van der Waals surface area contributed by atoms with E-state index in [4.69, 9.17) is 9.47 Å². The zero-order chi connectivity index (χ0) is 33.1. The Bertz CT molecular complexity index is 1500. The molecule has 3 heterocycles. The van der Waals surface area contributed by atoms with E-state index >= 15 is 0 Å². The number of ether oxygens (including phenoxy) is 2. The van der Waals surface area contributed by atoms with Crippen LogP contribution in [0.4, 0.5) is 42.5 Å². The van der Waals surface area contributed by atoms with E-state index < -0.39 is 59.2 Å². The normalized spacial score (nSPS) is 17.3. The number of carbonyl (C=O) groups excluding carboxylic acids is 2. The third-order valence-electron chi connectivity index (χ3n) is 7.05. The average Bonchev–Trinajstić information content (AvgIpc) is 2.98. The Kier molecular flexibility index (Phi) is 9.85. The fraction of sp³-hybridized carbons (Fsp3) is 0.414. The van der Waals surface area contributed by atoms with Crippen LogP contribution in [-0.2, 0) is 21.9 Å². The van der Waals surface area contributed by atoms with Crippen LogP contribution in [0.15, 0.2) is 42.7 Å². The average molecular weight is 641 g/mol. The number of anilines is 2. The number of nitrogens with one attached hydrogen (secondary N) is 2. The number of hydrogen-bond acceptors (Lipinski definition) is 8. The molecule has 0 radical (unpaired) electrons. The Labute approximate surface area is 254 Å². The summed E-state index contributed by atoms with van der Waals surface area (Å²) in [5, 5.41) is 5.59. The molecule has 3 atom stereocenters. The molecule has 2 aromatic heterocycles.